The van der Waals surface area contributed by atoms with E-state index in [9.17, 15) is 0 Å². The molecule has 0 saturated carbocycles. The van der Waals surface area contributed by atoms with Crippen molar-refractivity contribution >= 4 is 88.2 Å². The molecule has 0 fully saturated rings. The van der Waals surface area contributed by atoms with Gasteiger partial charge in [0.2, 0.25) is 0 Å². The average Bonchev–Trinajstić information content (AvgIpc) is 3.56. The van der Waals surface area contributed by atoms with Crippen LogP contribution in [0.5, 0.6) is 11.5 Å². The standard InChI is InChI=1S/C75H59N6O.Pt/c1-48-40-72(76-46-61(48)73-69(79-62-29-13-8-24-55(62)56-25-9-14-30-63(56)79)36-21-37-70(73)80-64-31-15-10-26-57(64)58-27-11-16-32-65(58)80)81-66-33-17-12-28-59(66)60-39-38-54(45-71(60)81)82-53-23-20-22-51(44-53)77-47-78(68-35-19-18-34-67(68)77)52-42-49(74(2,3)4)41-50(43-52)75(5,6)7;/h8-43,46-47H,1-7H3;/q-3;. The minimum absolute atomic E-state index is 0. The molecule has 15 rings (SSSR count). The Hall–Kier alpha value is -9.16. The summed E-state index contributed by atoms with van der Waals surface area (Å²) in [7, 11) is 0. The van der Waals surface area contributed by atoms with Crippen molar-refractivity contribution in [3.8, 4) is 39.8 Å². The topological polar surface area (TPSA) is 43.4 Å². The van der Waals surface area contributed by atoms with Crippen LogP contribution >= 0.6 is 0 Å². The van der Waals surface area contributed by atoms with Crippen molar-refractivity contribution in [2.75, 3.05) is 9.80 Å². The summed E-state index contributed by atoms with van der Waals surface area (Å²) >= 11 is 0. The molecule has 0 spiro atoms. The van der Waals surface area contributed by atoms with E-state index in [1.807, 2.05) is 18.2 Å². The first kappa shape index (κ1) is 51.9. The van der Waals surface area contributed by atoms with E-state index in [1.54, 1.807) is 0 Å². The monoisotopic (exact) mass is 1250 g/mol. The van der Waals surface area contributed by atoms with E-state index in [-0.39, 0.29) is 31.9 Å². The van der Waals surface area contributed by atoms with Crippen LogP contribution in [0, 0.1) is 25.7 Å². The molecule has 408 valence electrons. The zero-order valence-corrected chi connectivity index (χ0v) is 49.6. The largest absolute Gasteiger partial charge is 0.509 e. The smallest absolute Gasteiger partial charge is 0.135 e. The second kappa shape index (κ2) is 19.8. The number of hydrogen-bond donors (Lipinski definition) is 0. The van der Waals surface area contributed by atoms with Gasteiger partial charge in [-0.05, 0) is 113 Å². The Labute approximate surface area is 498 Å². The maximum absolute atomic E-state index is 6.80. The molecule has 0 amide bonds. The molecule has 0 bridgehead atoms. The van der Waals surface area contributed by atoms with Gasteiger partial charge in [-0.25, -0.2) is 4.98 Å². The first-order valence-corrected chi connectivity index (χ1v) is 28.3. The van der Waals surface area contributed by atoms with Gasteiger partial charge in [0.15, 0.2) is 0 Å². The minimum Gasteiger partial charge on any atom is -0.509 e. The van der Waals surface area contributed by atoms with Gasteiger partial charge < -0.3 is 28.2 Å². The fourth-order valence-corrected chi connectivity index (χ4v) is 12.5. The van der Waals surface area contributed by atoms with Crippen LogP contribution in [0.4, 0.5) is 22.7 Å². The Balaban J connectivity index is 0.00000614. The van der Waals surface area contributed by atoms with Gasteiger partial charge in [-0.2, -0.15) is 12.1 Å². The molecule has 8 heteroatoms. The summed E-state index contributed by atoms with van der Waals surface area (Å²) in [5.41, 5.74) is 18.6. The third kappa shape index (κ3) is 8.54. The first-order valence-electron chi connectivity index (χ1n) is 28.3. The second-order valence-electron chi connectivity index (χ2n) is 23.8. The van der Waals surface area contributed by atoms with E-state index in [1.165, 1.54) is 32.7 Å². The van der Waals surface area contributed by atoms with Crippen molar-refractivity contribution in [3.63, 3.8) is 0 Å². The van der Waals surface area contributed by atoms with Gasteiger partial charge in [-0.3, -0.25) is 0 Å². The number of para-hydroxylation sites is 7. The van der Waals surface area contributed by atoms with Gasteiger partial charge in [0, 0.05) is 94.0 Å². The third-order valence-corrected chi connectivity index (χ3v) is 16.6. The van der Waals surface area contributed by atoms with Crippen molar-refractivity contribution in [3.05, 3.63) is 260 Å². The van der Waals surface area contributed by atoms with Gasteiger partial charge in [0.25, 0.3) is 0 Å². The van der Waals surface area contributed by atoms with Gasteiger partial charge in [0.05, 0.1) is 33.4 Å². The van der Waals surface area contributed by atoms with Crippen molar-refractivity contribution in [2.24, 2.45) is 0 Å². The Kier molecular flexibility index (Phi) is 12.4. The molecule has 83 heavy (non-hydrogen) atoms. The Bertz CT molecular complexity index is 4620. The number of fused-ring (bicyclic) bond motifs is 10. The molecule has 0 N–H and O–H groups in total. The number of benzene rings is 10. The van der Waals surface area contributed by atoms with Gasteiger partial charge in [-0.15, -0.1) is 48.1 Å². The van der Waals surface area contributed by atoms with E-state index in [0.717, 1.165) is 101 Å². The summed E-state index contributed by atoms with van der Waals surface area (Å²) in [4.78, 5) is 9.98. The molecule has 4 aromatic heterocycles. The SMILES string of the molecule is Cc1cc(-n2c3[c-]c(Oc4[c-]c(N5[CH-]N(c6cc(C(C)(C)C)cc(C(C)(C)C)c6)c6ccccc65)ccc4)ccc3c3ccccc32)ncc1-c1c(-n2c3ccccc3c3ccccc32)cccc1-n1c2ccccc2c2ccccc21.[Pt]. The molecule has 0 saturated heterocycles. The molecule has 0 atom stereocenters. The fourth-order valence-electron chi connectivity index (χ4n) is 12.5. The summed E-state index contributed by atoms with van der Waals surface area (Å²) in [6, 6.07) is 85.7. The van der Waals surface area contributed by atoms with Crippen LogP contribution < -0.4 is 14.5 Å². The van der Waals surface area contributed by atoms with Crippen LogP contribution in [0.1, 0.15) is 58.2 Å². The van der Waals surface area contributed by atoms with Gasteiger partial charge in [-0.1, -0.05) is 162 Å². The number of hydrogen-bond acceptors (Lipinski definition) is 4. The molecular formula is C75H59N6OPt-3. The molecule has 7 nitrogen and oxygen atoms in total. The van der Waals surface area contributed by atoms with Crippen LogP contribution in [0.15, 0.2) is 225 Å². The summed E-state index contributed by atoms with van der Waals surface area (Å²) < 4.78 is 13.9. The van der Waals surface area contributed by atoms with Crippen molar-refractivity contribution in [1.82, 2.24) is 18.7 Å². The summed E-state index contributed by atoms with van der Waals surface area (Å²) in [5.74, 6) is 1.96. The molecular weight excluding hydrogens is 1200 g/mol. The fraction of sp³-hybridized carbons (Fsp3) is 0.120. The molecule has 0 aliphatic carbocycles. The molecule has 5 heterocycles. The Morgan fingerprint density at radius 2 is 0.867 bits per heavy atom. The summed E-state index contributed by atoms with van der Waals surface area (Å²) in [6.07, 6.45) is 2.08. The van der Waals surface area contributed by atoms with E-state index in [4.69, 9.17) is 9.72 Å². The maximum Gasteiger partial charge on any atom is 0.135 e. The third-order valence-electron chi connectivity index (χ3n) is 16.6. The van der Waals surface area contributed by atoms with E-state index in [2.05, 4.69) is 297 Å². The minimum atomic E-state index is -0.0217. The average molecular weight is 1260 g/mol. The van der Waals surface area contributed by atoms with Crippen LogP contribution in [-0.4, -0.2) is 18.7 Å². The van der Waals surface area contributed by atoms with Crippen LogP contribution in [0.25, 0.3) is 93.7 Å². The zero-order chi connectivity index (χ0) is 55.6. The Morgan fingerprint density at radius 3 is 1.39 bits per heavy atom. The molecule has 1 aliphatic rings. The molecule has 0 unspecified atom stereocenters. The van der Waals surface area contributed by atoms with Crippen molar-refractivity contribution in [2.45, 2.75) is 59.3 Å². The summed E-state index contributed by atoms with van der Waals surface area (Å²) in [5, 5.41) is 7.01. The summed E-state index contributed by atoms with van der Waals surface area (Å²) in [6.45, 7) is 18.1. The van der Waals surface area contributed by atoms with Crippen LogP contribution in [0.2, 0.25) is 0 Å². The van der Waals surface area contributed by atoms with Crippen LogP contribution in [-0.2, 0) is 31.9 Å². The second-order valence-corrected chi connectivity index (χ2v) is 23.8. The van der Waals surface area contributed by atoms with Crippen LogP contribution in [0.3, 0.4) is 0 Å². The van der Waals surface area contributed by atoms with E-state index < -0.39 is 0 Å². The first-order chi connectivity index (χ1) is 39.9. The van der Waals surface area contributed by atoms with Gasteiger partial charge >= 0.3 is 0 Å². The molecule has 1 aliphatic heterocycles. The Morgan fingerprint density at radius 1 is 0.422 bits per heavy atom. The predicted molar refractivity (Wildman–Crippen MR) is 340 cm³/mol. The zero-order valence-electron chi connectivity index (χ0n) is 47.3. The van der Waals surface area contributed by atoms with E-state index in [0.29, 0.717) is 11.5 Å². The number of ether oxygens (including phenoxy) is 1. The maximum atomic E-state index is 6.80. The number of rotatable bonds is 8. The number of pyridine rings is 1. The molecule has 14 aromatic rings. The normalized spacial score (nSPS) is 12.8. The number of aromatic nitrogens is 4. The number of aryl methyl sites for hydroxylation is 1. The molecule has 10 aromatic carbocycles. The number of anilines is 4. The van der Waals surface area contributed by atoms with Gasteiger partial charge in [0.1, 0.15) is 5.82 Å². The van der Waals surface area contributed by atoms with Crippen molar-refractivity contribution < 1.29 is 25.8 Å². The molecule has 0 radical (unpaired) electrons. The van der Waals surface area contributed by atoms with E-state index >= 15 is 0 Å². The number of nitrogens with zero attached hydrogens (tertiary/aromatic N) is 6. The van der Waals surface area contributed by atoms with Crippen molar-refractivity contribution in [1.29, 1.82) is 0 Å². The quantitative estimate of drug-likeness (QED) is 0.142. The predicted octanol–water partition coefficient (Wildman–Crippen LogP) is 19.7.